The molecule has 2 rings (SSSR count). The fraction of sp³-hybridized carbons (Fsp3) is 0.417. The van der Waals surface area contributed by atoms with Gasteiger partial charge in [-0.3, -0.25) is 4.57 Å². The second kappa shape index (κ2) is 4.01. The summed E-state index contributed by atoms with van der Waals surface area (Å²) in [6, 6.07) is 7.47. The molecule has 0 radical (unpaired) electrons. The van der Waals surface area contributed by atoms with Crippen LogP contribution in [0.5, 0.6) is 0 Å². The van der Waals surface area contributed by atoms with Gasteiger partial charge in [0.25, 0.3) is 0 Å². The summed E-state index contributed by atoms with van der Waals surface area (Å²) in [5.74, 6) is 0.426. The number of oxazole rings is 1. The topological polar surface area (TPSA) is 35.1 Å². The lowest BCUT2D eigenvalue weighted by Crippen LogP contribution is -2.27. The molecule has 86 valence electrons. The molecule has 1 heterocycles. The van der Waals surface area contributed by atoms with Crippen molar-refractivity contribution in [2.24, 2.45) is 5.41 Å². The Balaban J connectivity index is 2.52. The molecule has 3 nitrogen and oxygen atoms in total. The first-order chi connectivity index (χ1) is 7.53. The van der Waals surface area contributed by atoms with Gasteiger partial charge in [-0.2, -0.15) is 12.6 Å². The van der Waals surface area contributed by atoms with Gasteiger partial charge in [-0.05, 0) is 23.3 Å². The Morgan fingerprint density at radius 1 is 1.38 bits per heavy atom. The van der Waals surface area contributed by atoms with Crippen molar-refractivity contribution in [2.75, 3.05) is 5.75 Å². The van der Waals surface area contributed by atoms with Crippen LogP contribution in [0.3, 0.4) is 0 Å². The Labute approximate surface area is 99.5 Å². The maximum atomic E-state index is 11.7. The van der Waals surface area contributed by atoms with Crippen molar-refractivity contribution in [3.05, 3.63) is 34.8 Å². The number of thiol groups is 1. The summed E-state index contributed by atoms with van der Waals surface area (Å²) >= 11 is 4.29. The molecule has 0 bridgehead atoms. The van der Waals surface area contributed by atoms with Crippen molar-refractivity contribution in [1.82, 2.24) is 4.57 Å². The Hall–Kier alpha value is -1.16. The number of benzene rings is 1. The second-order valence-electron chi connectivity index (χ2n) is 4.74. The van der Waals surface area contributed by atoms with E-state index in [0.717, 1.165) is 11.3 Å². The minimum atomic E-state index is -0.295. The molecule has 1 aromatic carbocycles. The molecule has 0 fully saturated rings. The molecule has 0 aliphatic carbocycles. The van der Waals surface area contributed by atoms with Crippen LogP contribution in [0.2, 0.25) is 0 Å². The predicted molar refractivity (Wildman–Crippen MR) is 68.1 cm³/mol. The van der Waals surface area contributed by atoms with Gasteiger partial charge in [-0.1, -0.05) is 26.0 Å². The van der Waals surface area contributed by atoms with Crippen molar-refractivity contribution < 1.29 is 4.42 Å². The van der Waals surface area contributed by atoms with E-state index < -0.39 is 0 Å². The smallest absolute Gasteiger partial charge is 0.408 e. The zero-order valence-corrected chi connectivity index (χ0v) is 10.3. The molecule has 0 atom stereocenters. The monoisotopic (exact) mass is 237 g/mol. The lowest BCUT2D eigenvalue weighted by molar-refractivity contribution is 0.339. The van der Waals surface area contributed by atoms with Gasteiger partial charge in [0.05, 0.1) is 5.52 Å². The highest BCUT2D eigenvalue weighted by molar-refractivity contribution is 7.80. The Bertz CT molecular complexity index is 553. The van der Waals surface area contributed by atoms with E-state index in [0.29, 0.717) is 12.1 Å². The molecule has 0 saturated carbocycles. The number of fused-ring (bicyclic) bond motifs is 1. The van der Waals surface area contributed by atoms with E-state index in [1.54, 1.807) is 10.6 Å². The third-order valence-electron chi connectivity index (χ3n) is 2.59. The first kappa shape index (κ1) is 11.3. The van der Waals surface area contributed by atoms with E-state index in [1.807, 2.05) is 18.2 Å². The van der Waals surface area contributed by atoms with Crippen molar-refractivity contribution in [1.29, 1.82) is 0 Å². The summed E-state index contributed by atoms with van der Waals surface area (Å²) in [6.07, 6.45) is 0. The molecular weight excluding hydrogens is 222 g/mol. The van der Waals surface area contributed by atoms with Crippen LogP contribution in [-0.4, -0.2) is 10.3 Å². The van der Waals surface area contributed by atoms with Crippen LogP contribution in [0.15, 0.2) is 33.5 Å². The molecule has 4 heteroatoms. The summed E-state index contributed by atoms with van der Waals surface area (Å²) in [7, 11) is 0. The first-order valence-corrected chi connectivity index (χ1v) is 5.86. The molecule has 16 heavy (non-hydrogen) atoms. The van der Waals surface area contributed by atoms with Crippen LogP contribution >= 0.6 is 12.6 Å². The van der Waals surface area contributed by atoms with Gasteiger partial charge in [0.2, 0.25) is 0 Å². The van der Waals surface area contributed by atoms with Crippen molar-refractivity contribution in [3.8, 4) is 0 Å². The molecular formula is C12H15NO2S. The molecule has 0 saturated heterocycles. The standard InChI is InChI=1S/C12H15NO2S/c1-12(2,8-16)7-13-9-5-3-4-6-10(9)15-11(13)14/h3-6,16H,7-8H2,1-2H3. The van der Waals surface area contributed by atoms with E-state index in [4.69, 9.17) is 4.42 Å². The number of hydrogen-bond acceptors (Lipinski definition) is 3. The van der Waals surface area contributed by atoms with Gasteiger partial charge in [-0.15, -0.1) is 0 Å². The van der Waals surface area contributed by atoms with Gasteiger partial charge in [0.1, 0.15) is 0 Å². The van der Waals surface area contributed by atoms with Gasteiger partial charge < -0.3 is 4.42 Å². The summed E-state index contributed by atoms with van der Waals surface area (Å²) in [5.41, 5.74) is 1.46. The molecule has 0 N–H and O–H groups in total. The van der Waals surface area contributed by atoms with E-state index in [1.165, 1.54) is 0 Å². The average Bonchev–Trinajstić information content (AvgIpc) is 2.56. The Morgan fingerprint density at radius 3 is 2.75 bits per heavy atom. The fourth-order valence-electron chi connectivity index (χ4n) is 1.64. The molecule has 0 spiro atoms. The predicted octanol–water partition coefficient (Wildman–Crippen LogP) is 2.55. The maximum Gasteiger partial charge on any atom is 0.419 e. The quantitative estimate of drug-likeness (QED) is 0.833. The summed E-state index contributed by atoms with van der Waals surface area (Å²) in [4.78, 5) is 11.7. The SMILES string of the molecule is CC(C)(CS)Cn1c(=O)oc2ccccc21. The molecule has 0 aliphatic rings. The highest BCUT2D eigenvalue weighted by Gasteiger charge is 2.20. The van der Waals surface area contributed by atoms with E-state index in [2.05, 4.69) is 26.5 Å². The van der Waals surface area contributed by atoms with Crippen LogP contribution in [0.25, 0.3) is 11.1 Å². The largest absolute Gasteiger partial charge is 0.419 e. The van der Waals surface area contributed by atoms with Crippen LogP contribution in [-0.2, 0) is 6.54 Å². The van der Waals surface area contributed by atoms with Crippen LogP contribution in [0.1, 0.15) is 13.8 Å². The summed E-state index contributed by atoms with van der Waals surface area (Å²) < 4.78 is 6.84. The Kier molecular flexibility index (Phi) is 2.84. The summed E-state index contributed by atoms with van der Waals surface area (Å²) in [5, 5.41) is 0. The lowest BCUT2D eigenvalue weighted by atomic mass is 9.96. The molecule has 0 unspecified atom stereocenters. The zero-order valence-electron chi connectivity index (χ0n) is 9.43. The minimum absolute atomic E-state index is 0.0282. The second-order valence-corrected chi connectivity index (χ2v) is 5.06. The fourth-order valence-corrected chi connectivity index (χ4v) is 1.74. The van der Waals surface area contributed by atoms with E-state index in [9.17, 15) is 4.79 Å². The van der Waals surface area contributed by atoms with Gasteiger partial charge in [-0.25, -0.2) is 4.79 Å². The number of rotatable bonds is 3. The zero-order chi connectivity index (χ0) is 11.8. The highest BCUT2D eigenvalue weighted by Crippen LogP contribution is 2.21. The molecule has 0 amide bonds. The molecule has 1 aromatic heterocycles. The lowest BCUT2D eigenvalue weighted by Gasteiger charge is -2.21. The van der Waals surface area contributed by atoms with Crippen molar-refractivity contribution in [3.63, 3.8) is 0 Å². The van der Waals surface area contributed by atoms with Crippen LogP contribution in [0, 0.1) is 5.41 Å². The molecule has 2 aromatic rings. The van der Waals surface area contributed by atoms with Crippen LogP contribution in [0.4, 0.5) is 0 Å². The Morgan fingerprint density at radius 2 is 2.06 bits per heavy atom. The normalized spacial score (nSPS) is 12.2. The van der Waals surface area contributed by atoms with Crippen LogP contribution < -0.4 is 5.76 Å². The summed E-state index contributed by atoms with van der Waals surface area (Å²) in [6.45, 7) is 4.77. The van der Waals surface area contributed by atoms with Crippen molar-refractivity contribution in [2.45, 2.75) is 20.4 Å². The number of nitrogens with zero attached hydrogens (tertiary/aromatic N) is 1. The third-order valence-corrected chi connectivity index (χ3v) is 3.44. The van der Waals surface area contributed by atoms with Crippen molar-refractivity contribution >= 4 is 23.7 Å². The number of aromatic nitrogens is 1. The molecule has 0 aliphatic heterocycles. The van der Waals surface area contributed by atoms with Gasteiger partial charge >= 0.3 is 5.76 Å². The van der Waals surface area contributed by atoms with Gasteiger partial charge in [0.15, 0.2) is 5.58 Å². The number of hydrogen-bond donors (Lipinski definition) is 1. The van der Waals surface area contributed by atoms with Gasteiger partial charge in [0, 0.05) is 6.54 Å². The minimum Gasteiger partial charge on any atom is -0.408 e. The highest BCUT2D eigenvalue weighted by atomic mass is 32.1. The van der Waals surface area contributed by atoms with E-state index in [-0.39, 0.29) is 11.2 Å². The maximum absolute atomic E-state index is 11.7. The third kappa shape index (κ3) is 2.02. The number of para-hydroxylation sites is 2. The van der Waals surface area contributed by atoms with E-state index >= 15 is 0 Å². The average molecular weight is 237 g/mol. The first-order valence-electron chi connectivity index (χ1n) is 5.23.